The molecular weight excluding hydrogens is 249 g/mol. The molecule has 0 aliphatic rings. The molecule has 0 saturated carbocycles. The Bertz CT molecular complexity index is 469. The van der Waals surface area contributed by atoms with Crippen molar-refractivity contribution in [1.29, 1.82) is 0 Å². The summed E-state index contributed by atoms with van der Waals surface area (Å²) in [4.78, 5) is 3.56. The van der Waals surface area contributed by atoms with Gasteiger partial charge >= 0.3 is 6.18 Å². The molecule has 2 nitrogen and oxygen atoms in total. The minimum atomic E-state index is -4.45. The average Bonchev–Trinajstić information content (AvgIpc) is 2.07. The van der Waals surface area contributed by atoms with Crippen molar-refractivity contribution in [2.24, 2.45) is 5.41 Å². The van der Waals surface area contributed by atoms with Gasteiger partial charge in [-0.15, -0.1) is 0 Å². The van der Waals surface area contributed by atoms with Gasteiger partial charge in [-0.25, -0.2) is 4.98 Å². The number of aryl methyl sites for hydroxylation is 1. The Morgan fingerprint density at radius 3 is 2.18 bits per heavy atom. The van der Waals surface area contributed by atoms with E-state index in [0.29, 0.717) is 12.4 Å². The Hall–Kier alpha value is -0.910. The number of halogens is 3. The lowest BCUT2D eigenvalue weighted by Crippen LogP contribution is -2.21. The van der Waals surface area contributed by atoms with Gasteiger partial charge < -0.3 is 4.57 Å². The molecule has 0 bridgehead atoms. The fraction of sp³-hybridized carbons (Fsp3) is 0.636. The van der Waals surface area contributed by atoms with E-state index in [9.17, 15) is 13.2 Å². The molecule has 17 heavy (non-hydrogen) atoms. The van der Waals surface area contributed by atoms with Crippen LogP contribution in [0.1, 0.15) is 32.3 Å². The standard InChI is InChI=1S/C11H15F3N2S/c1-7-15-8(11(12,13)14)5-9(17)16(7)6-10(2,3)4/h5H,6H2,1-4H3. The van der Waals surface area contributed by atoms with Crippen LogP contribution in [0.3, 0.4) is 0 Å². The molecule has 0 N–H and O–H groups in total. The predicted octanol–water partition coefficient (Wildman–Crippen LogP) is 3.99. The van der Waals surface area contributed by atoms with E-state index in [4.69, 9.17) is 12.2 Å². The second-order valence-electron chi connectivity index (χ2n) is 5.17. The maximum Gasteiger partial charge on any atom is 0.433 e. The SMILES string of the molecule is Cc1nc(C(F)(F)F)cc(=S)n1CC(C)(C)C. The molecule has 96 valence electrons. The Kier molecular flexibility index (Phi) is 3.66. The maximum atomic E-state index is 12.5. The zero-order valence-corrected chi connectivity index (χ0v) is 11.0. The molecule has 0 saturated heterocycles. The van der Waals surface area contributed by atoms with Crippen molar-refractivity contribution in [3.8, 4) is 0 Å². The second-order valence-corrected chi connectivity index (χ2v) is 5.59. The summed E-state index contributed by atoms with van der Waals surface area (Å²) in [5.41, 5.74) is -0.991. The summed E-state index contributed by atoms with van der Waals surface area (Å²) in [7, 11) is 0. The van der Waals surface area contributed by atoms with Crippen molar-refractivity contribution in [1.82, 2.24) is 9.55 Å². The molecule has 6 heteroatoms. The van der Waals surface area contributed by atoms with E-state index in [1.807, 2.05) is 20.8 Å². The van der Waals surface area contributed by atoms with Crippen molar-refractivity contribution in [3.63, 3.8) is 0 Å². The third-order valence-corrected chi connectivity index (χ3v) is 2.46. The molecule has 1 aromatic rings. The Labute approximate surface area is 103 Å². The first-order valence-electron chi connectivity index (χ1n) is 5.16. The van der Waals surface area contributed by atoms with Gasteiger partial charge in [0, 0.05) is 12.6 Å². The zero-order valence-electron chi connectivity index (χ0n) is 10.2. The molecule has 1 aromatic heterocycles. The molecule has 1 rings (SSSR count). The lowest BCUT2D eigenvalue weighted by atomic mass is 9.97. The van der Waals surface area contributed by atoms with E-state index in [1.165, 1.54) is 6.92 Å². The van der Waals surface area contributed by atoms with Gasteiger partial charge in [0.1, 0.15) is 16.2 Å². The highest BCUT2D eigenvalue weighted by Crippen LogP contribution is 2.28. The van der Waals surface area contributed by atoms with Crippen LogP contribution < -0.4 is 0 Å². The summed E-state index contributed by atoms with van der Waals surface area (Å²) in [5.74, 6) is 0.291. The smallest absolute Gasteiger partial charge is 0.321 e. The van der Waals surface area contributed by atoms with Gasteiger partial charge in [-0.05, 0) is 12.3 Å². The fourth-order valence-corrected chi connectivity index (χ4v) is 1.74. The summed E-state index contributed by atoms with van der Waals surface area (Å²) >= 11 is 4.99. The highest BCUT2D eigenvalue weighted by molar-refractivity contribution is 7.71. The quantitative estimate of drug-likeness (QED) is 0.714. The van der Waals surface area contributed by atoms with Crippen LogP contribution >= 0.6 is 12.2 Å². The zero-order chi connectivity index (χ0) is 13.4. The van der Waals surface area contributed by atoms with Gasteiger partial charge in [0.05, 0.1) is 0 Å². The Morgan fingerprint density at radius 1 is 1.29 bits per heavy atom. The molecule has 0 spiro atoms. The molecule has 0 amide bonds. The lowest BCUT2D eigenvalue weighted by Gasteiger charge is -2.22. The molecule has 0 aromatic carbocycles. The Morgan fingerprint density at radius 2 is 1.82 bits per heavy atom. The molecule has 0 aliphatic carbocycles. The highest BCUT2D eigenvalue weighted by atomic mass is 32.1. The van der Waals surface area contributed by atoms with E-state index in [1.54, 1.807) is 4.57 Å². The van der Waals surface area contributed by atoms with Gasteiger partial charge in [0.25, 0.3) is 0 Å². The summed E-state index contributed by atoms with van der Waals surface area (Å²) in [5, 5.41) is 0. The van der Waals surface area contributed by atoms with E-state index < -0.39 is 11.9 Å². The van der Waals surface area contributed by atoms with Crippen molar-refractivity contribution in [2.75, 3.05) is 0 Å². The van der Waals surface area contributed by atoms with Crippen LogP contribution in [-0.4, -0.2) is 9.55 Å². The fourth-order valence-electron chi connectivity index (χ4n) is 1.43. The van der Waals surface area contributed by atoms with Gasteiger partial charge in [-0.2, -0.15) is 13.2 Å². The van der Waals surface area contributed by atoms with Crippen LogP contribution in [0.2, 0.25) is 0 Å². The van der Waals surface area contributed by atoms with Crippen LogP contribution in [0, 0.1) is 17.0 Å². The molecular formula is C11H15F3N2S. The third-order valence-electron chi connectivity index (χ3n) is 2.12. The van der Waals surface area contributed by atoms with E-state index in [0.717, 1.165) is 6.07 Å². The lowest BCUT2D eigenvalue weighted by molar-refractivity contribution is -0.141. The first kappa shape index (κ1) is 14.2. The number of rotatable bonds is 1. The summed E-state index contributed by atoms with van der Waals surface area (Å²) in [6.45, 7) is 8.06. The summed E-state index contributed by atoms with van der Waals surface area (Å²) < 4.78 is 39.3. The topological polar surface area (TPSA) is 17.8 Å². The molecule has 0 atom stereocenters. The molecule has 0 aliphatic heterocycles. The minimum Gasteiger partial charge on any atom is -0.321 e. The van der Waals surface area contributed by atoms with Crippen LogP contribution in [0.15, 0.2) is 6.07 Å². The number of aromatic nitrogens is 2. The minimum absolute atomic E-state index is 0.0651. The number of hydrogen-bond acceptors (Lipinski definition) is 2. The normalized spacial score (nSPS) is 12.9. The molecule has 0 radical (unpaired) electrons. The third kappa shape index (κ3) is 3.80. The predicted molar refractivity (Wildman–Crippen MR) is 62.3 cm³/mol. The average molecular weight is 264 g/mol. The van der Waals surface area contributed by atoms with Crippen LogP contribution in [0.5, 0.6) is 0 Å². The number of nitrogens with zero attached hydrogens (tertiary/aromatic N) is 2. The first-order valence-corrected chi connectivity index (χ1v) is 5.57. The van der Waals surface area contributed by atoms with Gasteiger partial charge in [0.2, 0.25) is 0 Å². The van der Waals surface area contributed by atoms with Crippen molar-refractivity contribution >= 4 is 12.2 Å². The number of hydrogen-bond donors (Lipinski definition) is 0. The van der Waals surface area contributed by atoms with Crippen molar-refractivity contribution < 1.29 is 13.2 Å². The molecule has 0 unspecified atom stereocenters. The van der Waals surface area contributed by atoms with E-state index in [-0.39, 0.29) is 10.1 Å². The van der Waals surface area contributed by atoms with E-state index >= 15 is 0 Å². The van der Waals surface area contributed by atoms with Gasteiger partial charge in [-0.1, -0.05) is 33.0 Å². The monoisotopic (exact) mass is 264 g/mol. The summed E-state index contributed by atoms with van der Waals surface area (Å²) in [6.07, 6.45) is -4.45. The second kappa shape index (κ2) is 4.40. The number of alkyl halides is 3. The highest BCUT2D eigenvalue weighted by Gasteiger charge is 2.33. The summed E-state index contributed by atoms with van der Waals surface area (Å²) in [6, 6.07) is 0.911. The van der Waals surface area contributed by atoms with Crippen molar-refractivity contribution in [3.05, 3.63) is 22.2 Å². The van der Waals surface area contributed by atoms with Crippen LogP contribution in [0.25, 0.3) is 0 Å². The van der Waals surface area contributed by atoms with Crippen LogP contribution in [-0.2, 0) is 12.7 Å². The maximum absolute atomic E-state index is 12.5. The molecule has 0 fully saturated rings. The largest absolute Gasteiger partial charge is 0.433 e. The Balaban J connectivity index is 3.26. The first-order chi connectivity index (χ1) is 7.50. The van der Waals surface area contributed by atoms with Gasteiger partial charge in [0.15, 0.2) is 0 Å². The van der Waals surface area contributed by atoms with Crippen LogP contribution in [0.4, 0.5) is 13.2 Å². The van der Waals surface area contributed by atoms with E-state index in [2.05, 4.69) is 4.98 Å². The molecule has 1 heterocycles. The van der Waals surface area contributed by atoms with Crippen molar-refractivity contribution in [2.45, 2.75) is 40.4 Å². The van der Waals surface area contributed by atoms with Gasteiger partial charge in [-0.3, -0.25) is 0 Å².